The lowest BCUT2D eigenvalue weighted by Crippen LogP contribution is -2.10. The maximum atomic E-state index is 9.75. The minimum atomic E-state index is 0.285. The Morgan fingerprint density at radius 1 is 0.567 bits per heavy atom. The van der Waals surface area contributed by atoms with Crippen LogP contribution in [0.2, 0.25) is 0 Å². The highest BCUT2D eigenvalue weighted by molar-refractivity contribution is 5.33. The highest BCUT2D eigenvalue weighted by atomic mass is 16.3. The van der Waals surface area contributed by atoms with Crippen molar-refractivity contribution in [3.05, 3.63) is 89.5 Å². The minimum absolute atomic E-state index is 0.285. The van der Waals surface area contributed by atoms with Crippen molar-refractivity contribution < 1.29 is 15.3 Å². The van der Waals surface area contributed by atoms with Gasteiger partial charge in [-0.2, -0.15) is 0 Å². The summed E-state index contributed by atoms with van der Waals surface area (Å²) < 4.78 is 0. The molecule has 0 radical (unpaired) electrons. The number of aromatic hydroxyl groups is 3. The molecule has 3 aromatic rings. The molecule has 0 aliphatic heterocycles. The molecule has 0 fully saturated rings. The van der Waals surface area contributed by atoms with E-state index in [9.17, 15) is 15.3 Å². The van der Waals surface area contributed by atoms with Crippen LogP contribution < -0.4 is 0 Å². The van der Waals surface area contributed by atoms with Crippen LogP contribution in [0.25, 0.3) is 0 Å². The van der Waals surface area contributed by atoms with Crippen molar-refractivity contribution in [3.8, 4) is 17.2 Å². The first kappa shape index (κ1) is 21.8. The SMILES string of the molecule is CCCC(CC(CC(C)c1ccc(O)cc1)c1ccc(O)cc1)c1ccc(O)cc1. The van der Waals surface area contributed by atoms with E-state index >= 15 is 0 Å². The average molecular weight is 405 g/mol. The van der Waals surface area contributed by atoms with Gasteiger partial charge in [0.05, 0.1) is 0 Å². The van der Waals surface area contributed by atoms with E-state index in [0.29, 0.717) is 23.5 Å². The largest absolute Gasteiger partial charge is 0.508 e. The van der Waals surface area contributed by atoms with Crippen LogP contribution in [0.1, 0.15) is 74.0 Å². The van der Waals surface area contributed by atoms with Gasteiger partial charge in [-0.05, 0) is 90.1 Å². The summed E-state index contributed by atoms with van der Waals surface area (Å²) in [5.41, 5.74) is 3.71. The lowest BCUT2D eigenvalue weighted by Gasteiger charge is -2.27. The summed E-state index contributed by atoms with van der Waals surface area (Å²) in [6, 6.07) is 22.7. The maximum absolute atomic E-state index is 9.75. The van der Waals surface area contributed by atoms with Crippen molar-refractivity contribution in [1.29, 1.82) is 0 Å². The van der Waals surface area contributed by atoms with Crippen molar-refractivity contribution in [1.82, 2.24) is 0 Å². The van der Waals surface area contributed by atoms with E-state index in [0.717, 1.165) is 25.7 Å². The molecule has 0 heterocycles. The van der Waals surface area contributed by atoms with Gasteiger partial charge in [0, 0.05) is 0 Å². The Bertz CT molecular complexity index is 898. The van der Waals surface area contributed by atoms with Crippen molar-refractivity contribution in [2.24, 2.45) is 0 Å². The summed E-state index contributed by atoms with van der Waals surface area (Å²) in [6.07, 6.45) is 4.17. The third-order valence-corrected chi connectivity index (χ3v) is 6.04. The molecule has 3 heteroatoms. The van der Waals surface area contributed by atoms with Crippen LogP contribution in [-0.4, -0.2) is 15.3 Å². The van der Waals surface area contributed by atoms with Crippen LogP contribution in [0.15, 0.2) is 72.8 Å². The molecule has 3 aromatic carbocycles. The fraction of sp³-hybridized carbons (Fsp3) is 0.333. The predicted molar refractivity (Wildman–Crippen MR) is 122 cm³/mol. The fourth-order valence-corrected chi connectivity index (χ4v) is 4.34. The molecule has 0 saturated carbocycles. The molecule has 0 aromatic heterocycles. The van der Waals surface area contributed by atoms with Crippen molar-refractivity contribution in [2.75, 3.05) is 0 Å². The van der Waals surface area contributed by atoms with Gasteiger partial charge in [-0.1, -0.05) is 56.7 Å². The third-order valence-electron chi connectivity index (χ3n) is 6.04. The maximum Gasteiger partial charge on any atom is 0.115 e. The lowest BCUT2D eigenvalue weighted by atomic mass is 9.78. The van der Waals surface area contributed by atoms with Crippen LogP contribution in [0.4, 0.5) is 0 Å². The molecule has 3 rings (SSSR count). The van der Waals surface area contributed by atoms with Gasteiger partial charge >= 0.3 is 0 Å². The van der Waals surface area contributed by atoms with Crippen LogP contribution in [0.3, 0.4) is 0 Å². The zero-order chi connectivity index (χ0) is 21.5. The zero-order valence-electron chi connectivity index (χ0n) is 17.8. The second-order valence-corrected chi connectivity index (χ2v) is 8.33. The normalized spacial score (nSPS) is 14.2. The quantitative estimate of drug-likeness (QED) is 0.358. The second kappa shape index (κ2) is 10.2. The van der Waals surface area contributed by atoms with Crippen LogP contribution in [-0.2, 0) is 0 Å². The number of phenols is 3. The van der Waals surface area contributed by atoms with Gasteiger partial charge in [-0.25, -0.2) is 0 Å². The van der Waals surface area contributed by atoms with E-state index < -0.39 is 0 Å². The topological polar surface area (TPSA) is 60.7 Å². The second-order valence-electron chi connectivity index (χ2n) is 8.33. The smallest absolute Gasteiger partial charge is 0.115 e. The van der Waals surface area contributed by atoms with Crippen LogP contribution >= 0.6 is 0 Å². The van der Waals surface area contributed by atoms with Gasteiger partial charge in [0.2, 0.25) is 0 Å². The van der Waals surface area contributed by atoms with E-state index in [1.54, 1.807) is 36.4 Å². The number of phenolic OH excluding ortho intramolecular Hbond substituents is 3. The molecule has 3 N–H and O–H groups in total. The number of benzene rings is 3. The summed E-state index contributed by atoms with van der Waals surface area (Å²) in [4.78, 5) is 0. The van der Waals surface area contributed by atoms with Gasteiger partial charge in [-0.15, -0.1) is 0 Å². The summed E-state index contributed by atoms with van der Waals surface area (Å²) in [7, 11) is 0. The van der Waals surface area contributed by atoms with E-state index in [4.69, 9.17) is 0 Å². The van der Waals surface area contributed by atoms with E-state index in [1.165, 1.54) is 16.7 Å². The molecule has 0 aliphatic carbocycles. The third kappa shape index (κ3) is 5.79. The van der Waals surface area contributed by atoms with Crippen molar-refractivity contribution >= 4 is 0 Å². The average Bonchev–Trinajstić information content (AvgIpc) is 2.74. The van der Waals surface area contributed by atoms with Crippen LogP contribution in [0.5, 0.6) is 17.2 Å². The molecular weight excluding hydrogens is 372 g/mol. The Balaban J connectivity index is 1.86. The van der Waals surface area contributed by atoms with Gasteiger partial charge in [0.15, 0.2) is 0 Å². The Morgan fingerprint density at radius 3 is 1.40 bits per heavy atom. The van der Waals surface area contributed by atoms with Gasteiger partial charge in [0.1, 0.15) is 17.2 Å². The minimum Gasteiger partial charge on any atom is -0.508 e. The van der Waals surface area contributed by atoms with Crippen molar-refractivity contribution in [2.45, 2.75) is 57.3 Å². The molecule has 3 unspecified atom stereocenters. The molecular formula is C27H32O3. The Morgan fingerprint density at radius 2 is 0.967 bits per heavy atom. The first-order valence-electron chi connectivity index (χ1n) is 10.8. The Labute approximate surface area is 179 Å². The molecule has 30 heavy (non-hydrogen) atoms. The van der Waals surface area contributed by atoms with Crippen molar-refractivity contribution in [3.63, 3.8) is 0 Å². The molecule has 0 spiro atoms. The first-order valence-corrected chi connectivity index (χ1v) is 10.8. The summed E-state index contributed by atoms with van der Waals surface area (Å²) in [6.45, 7) is 4.44. The molecule has 0 bridgehead atoms. The molecule has 0 amide bonds. The van der Waals surface area contributed by atoms with E-state index in [1.807, 2.05) is 36.4 Å². The fourth-order valence-electron chi connectivity index (χ4n) is 4.34. The summed E-state index contributed by atoms with van der Waals surface area (Å²) >= 11 is 0. The highest BCUT2D eigenvalue weighted by Crippen LogP contribution is 2.39. The molecule has 158 valence electrons. The standard InChI is InChI=1S/C27H32O3/c1-3-4-23(21-7-13-26(29)14-8-21)18-24(22-9-15-27(30)16-10-22)17-19(2)20-5-11-25(28)12-6-20/h5-16,19,23-24,28-30H,3-4,17-18H2,1-2H3. The number of hydrogen-bond donors (Lipinski definition) is 3. The molecule has 3 atom stereocenters. The highest BCUT2D eigenvalue weighted by Gasteiger charge is 2.22. The molecule has 0 aliphatic rings. The molecule has 0 saturated heterocycles. The molecule has 3 nitrogen and oxygen atoms in total. The Kier molecular flexibility index (Phi) is 7.40. The Hall–Kier alpha value is -2.94. The summed E-state index contributed by atoms with van der Waals surface area (Å²) in [5, 5.41) is 29.0. The predicted octanol–water partition coefficient (Wildman–Crippen LogP) is 7.05. The number of hydrogen-bond acceptors (Lipinski definition) is 3. The summed E-state index contributed by atoms with van der Waals surface area (Å²) in [5.74, 6) is 1.95. The first-order chi connectivity index (χ1) is 14.5. The van der Waals surface area contributed by atoms with Gasteiger partial charge < -0.3 is 15.3 Å². The zero-order valence-corrected chi connectivity index (χ0v) is 17.8. The van der Waals surface area contributed by atoms with Gasteiger partial charge in [-0.3, -0.25) is 0 Å². The van der Waals surface area contributed by atoms with E-state index in [2.05, 4.69) is 13.8 Å². The van der Waals surface area contributed by atoms with E-state index in [-0.39, 0.29) is 11.5 Å². The van der Waals surface area contributed by atoms with Gasteiger partial charge in [0.25, 0.3) is 0 Å². The lowest BCUT2D eigenvalue weighted by molar-refractivity contribution is 0.450. The monoisotopic (exact) mass is 404 g/mol. The number of rotatable bonds is 9. The van der Waals surface area contributed by atoms with Crippen LogP contribution in [0, 0.1) is 0 Å².